The minimum atomic E-state index is -0.0994. The Morgan fingerprint density at radius 1 is 0.952 bits per heavy atom. The average Bonchev–Trinajstić information content (AvgIpc) is 2.71. The van der Waals surface area contributed by atoms with Crippen LogP contribution in [0.15, 0.2) is 72.3 Å². The average molecular weight is 359 g/mol. The molecule has 1 aliphatic heterocycles. The first-order valence-corrected chi connectivity index (χ1v) is 8.81. The van der Waals surface area contributed by atoms with Crippen LogP contribution in [0.3, 0.4) is 0 Å². The molecule has 0 N–H and O–H groups in total. The summed E-state index contributed by atoms with van der Waals surface area (Å²) in [5.41, 5.74) is 4.10. The van der Waals surface area contributed by atoms with Gasteiger partial charge in [0.05, 0.1) is 0 Å². The second-order valence-corrected chi connectivity index (χ2v) is 9.33. The van der Waals surface area contributed by atoms with Crippen molar-refractivity contribution in [2.45, 2.75) is 28.7 Å². The van der Waals surface area contributed by atoms with Gasteiger partial charge in [-0.25, -0.2) is 0 Å². The van der Waals surface area contributed by atoms with Crippen LogP contribution in [0, 0.1) is 0 Å². The van der Waals surface area contributed by atoms with Crippen molar-refractivity contribution in [2.24, 2.45) is 0 Å². The lowest BCUT2D eigenvalue weighted by molar-refractivity contribution is 0.788. The minimum absolute atomic E-state index is 0.0994. The third kappa shape index (κ3) is 2.97. The van der Waals surface area contributed by atoms with Crippen LogP contribution >= 0.6 is 27.7 Å². The molecule has 1 aliphatic rings. The van der Waals surface area contributed by atoms with Crippen LogP contribution < -0.4 is 0 Å². The van der Waals surface area contributed by atoms with E-state index in [9.17, 15) is 0 Å². The number of rotatable bonds is 3. The van der Waals surface area contributed by atoms with Gasteiger partial charge in [0, 0.05) is 4.75 Å². The summed E-state index contributed by atoms with van der Waals surface area (Å²) in [5.74, 6) is 0. The van der Waals surface area contributed by atoms with Gasteiger partial charge in [0.25, 0.3) is 0 Å². The Balaban J connectivity index is 1.89. The highest BCUT2D eigenvalue weighted by Gasteiger charge is 2.45. The summed E-state index contributed by atoms with van der Waals surface area (Å²) in [6.07, 6.45) is 3.47. The topological polar surface area (TPSA) is 0 Å². The molecule has 0 nitrogen and oxygen atoms in total. The Bertz CT molecular complexity index is 650. The first kappa shape index (κ1) is 14.9. The van der Waals surface area contributed by atoms with Gasteiger partial charge in [0.1, 0.15) is 3.66 Å². The summed E-state index contributed by atoms with van der Waals surface area (Å²) < 4.78 is 0.0164. The lowest BCUT2D eigenvalue weighted by Crippen LogP contribution is -2.21. The molecule has 108 valence electrons. The Hall–Kier alpha value is -0.990. The number of halogens is 1. The smallest absolute Gasteiger partial charge is 0.117 e. The van der Waals surface area contributed by atoms with Gasteiger partial charge in [-0.15, -0.1) is 11.8 Å². The molecule has 0 saturated carbocycles. The van der Waals surface area contributed by atoms with E-state index in [2.05, 4.69) is 96.5 Å². The Kier molecular flexibility index (Phi) is 4.02. The molecular weight excluding hydrogens is 340 g/mol. The first-order chi connectivity index (χ1) is 10.0. The molecule has 0 radical (unpaired) electrons. The number of hydrogen-bond acceptors (Lipinski definition) is 1. The van der Waals surface area contributed by atoms with Crippen LogP contribution in [-0.2, 0) is 10.1 Å². The molecule has 0 spiro atoms. The fourth-order valence-electron chi connectivity index (χ4n) is 3.01. The van der Waals surface area contributed by atoms with Crippen molar-refractivity contribution in [1.82, 2.24) is 0 Å². The van der Waals surface area contributed by atoms with Gasteiger partial charge in [-0.05, 0) is 37.0 Å². The number of alkyl halides is 1. The highest BCUT2D eigenvalue weighted by atomic mass is 79.9. The molecule has 3 rings (SSSR count). The maximum Gasteiger partial charge on any atom is 0.117 e. The fourth-order valence-corrected chi connectivity index (χ4v) is 6.09. The zero-order valence-electron chi connectivity index (χ0n) is 12.3. The van der Waals surface area contributed by atoms with Crippen molar-refractivity contribution in [3.8, 4) is 0 Å². The Morgan fingerprint density at radius 3 is 2.14 bits per heavy atom. The van der Waals surface area contributed by atoms with E-state index < -0.39 is 0 Å². The molecular formula is C19H19BrS. The summed E-state index contributed by atoms with van der Waals surface area (Å²) in [4.78, 5) is 0. The molecule has 21 heavy (non-hydrogen) atoms. The summed E-state index contributed by atoms with van der Waals surface area (Å²) in [7, 11) is 0. The zero-order chi connectivity index (χ0) is 14.9. The predicted molar refractivity (Wildman–Crippen MR) is 96.9 cm³/mol. The summed E-state index contributed by atoms with van der Waals surface area (Å²) in [6.45, 7) is 4.56. The normalized spacial score (nSPS) is 28.4. The zero-order valence-corrected chi connectivity index (χ0v) is 14.7. The van der Waals surface area contributed by atoms with Gasteiger partial charge in [-0.3, -0.25) is 0 Å². The monoisotopic (exact) mass is 358 g/mol. The maximum absolute atomic E-state index is 4.00. The van der Waals surface area contributed by atoms with Crippen molar-refractivity contribution in [3.63, 3.8) is 0 Å². The van der Waals surface area contributed by atoms with Crippen LogP contribution in [0.1, 0.15) is 25.0 Å². The van der Waals surface area contributed by atoms with Gasteiger partial charge < -0.3 is 0 Å². The van der Waals surface area contributed by atoms with Crippen LogP contribution in [0.4, 0.5) is 0 Å². The highest BCUT2D eigenvalue weighted by molar-refractivity contribution is 9.11. The van der Waals surface area contributed by atoms with E-state index in [-0.39, 0.29) is 8.40 Å². The van der Waals surface area contributed by atoms with Crippen LogP contribution in [-0.4, -0.2) is 4.75 Å². The minimum Gasteiger partial charge on any atom is -0.123 e. The van der Waals surface area contributed by atoms with Crippen molar-refractivity contribution >= 4 is 27.7 Å². The van der Waals surface area contributed by atoms with Crippen molar-refractivity contribution < 1.29 is 0 Å². The van der Waals surface area contributed by atoms with Gasteiger partial charge >= 0.3 is 0 Å². The van der Waals surface area contributed by atoms with Gasteiger partial charge in [0.2, 0.25) is 0 Å². The molecule has 2 aromatic carbocycles. The third-order valence-corrected chi connectivity index (χ3v) is 7.08. The van der Waals surface area contributed by atoms with E-state index in [1.54, 1.807) is 0 Å². The Morgan fingerprint density at radius 2 is 1.52 bits per heavy atom. The number of thioether (sulfide) groups is 1. The third-order valence-electron chi connectivity index (χ3n) is 3.95. The Labute approximate surface area is 139 Å². The van der Waals surface area contributed by atoms with Crippen molar-refractivity contribution in [3.05, 3.63) is 83.4 Å². The van der Waals surface area contributed by atoms with E-state index in [0.717, 1.165) is 6.42 Å². The second kappa shape index (κ2) is 5.66. The molecule has 2 unspecified atom stereocenters. The van der Waals surface area contributed by atoms with Crippen LogP contribution in [0.25, 0.3) is 0 Å². The standard InChI is InChI=1S/C19H19BrS/c1-15-13-18(2,14-16-9-5-3-6-10-16)21-19(15,20)17-11-7-4-8-12-17/h3-13H,14H2,1-2H3. The van der Waals surface area contributed by atoms with Crippen molar-refractivity contribution in [2.75, 3.05) is 0 Å². The van der Waals surface area contributed by atoms with E-state index in [4.69, 9.17) is 0 Å². The summed E-state index contributed by atoms with van der Waals surface area (Å²) in [6, 6.07) is 21.4. The number of benzene rings is 2. The molecule has 2 atom stereocenters. The first-order valence-electron chi connectivity index (χ1n) is 7.20. The molecule has 1 heterocycles. The predicted octanol–water partition coefficient (Wildman–Crippen LogP) is 5.93. The second-order valence-electron chi connectivity index (χ2n) is 5.87. The molecule has 0 aromatic heterocycles. The summed E-state index contributed by atoms with van der Waals surface area (Å²) in [5, 5.41) is 0. The molecule has 0 fully saturated rings. The molecule has 2 aromatic rings. The molecule has 0 amide bonds. The van der Waals surface area contributed by atoms with Crippen LogP contribution in [0.2, 0.25) is 0 Å². The lowest BCUT2D eigenvalue weighted by atomic mass is 9.96. The van der Waals surface area contributed by atoms with E-state index in [0.29, 0.717) is 0 Å². The highest BCUT2D eigenvalue weighted by Crippen LogP contribution is 2.60. The van der Waals surface area contributed by atoms with Gasteiger partial charge in [-0.1, -0.05) is 82.7 Å². The fraction of sp³-hybridized carbons (Fsp3) is 0.263. The van der Waals surface area contributed by atoms with Gasteiger partial charge in [-0.2, -0.15) is 0 Å². The summed E-state index contributed by atoms with van der Waals surface area (Å²) >= 11 is 6.00. The largest absolute Gasteiger partial charge is 0.123 e. The van der Waals surface area contributed by atoms with Crippen molar-refractivity contribution in [1.29, 1.82) is 0 Å². The maximum atomic E-state index is 4.00. The van der Waals surface area contributed by atoms with E-state index >= 15 is 0 Å². The molecule has 0 aliphatic carbocycles. The van der Waals surface area contributed by atoms with Gasteiger partial charge in [0.15, 0.2) is 0 Å². The molecule has 0 bridgehead atoms. The number of hydrogen-bond donors (Lipinski definition) is 0. The van der Waals surface area contributed by atoms with Crippen LogP contribution in [0.5, 0.6) is 0 Å². The lowest BCUT2D eigenvalue weighted by Gasteiger charge is -2.29. The SMILES string of the molecule is CC1=CC(C)(Cc2ccccc2)SC1(Br)c1ccccc1. The van der Waals surface area contributed by atoms with E-state index in [1.165, 1.54) is 16.7 Å². The molecule has 2 heteroatoms. The van der Waals surface area contributed by atoms with E-state index in [1.807, 2.05) is 11.8 Å². The quantitative estimate of drug-likeness (QED) is 0.484. The molecule has 0 saturated heterocycles.